The Bertz CT molecular complexity index is 1020. The summed E-state index contributed by atoms with van der Waals surface area (Å²) in [6.07, 6.45) is 7.52. The standard InChI is InChI=1S/C23H29N5O3/c29-22(15-27-7-1-6-24-27)26-9-16-8-18(12-26)21-5-2-17(23(30)28(21)10-16)11-25-13-19-3-4-20(14-25)31-19/h1-2,5-7,16,18-20H,3-4,8-15H2/t16-,18+,19-,20+/m0/s1. The first kappa shape index (κ1) is 19.3. The molecule has 1 amide bonds. The number of hydrogen-bond donors (Lipinski definition) is 0. The number of nitrogens with zero attached hydrogens (tertiary/aromatic N) is 5. The molecule has 8 heteroatoms. The first-order chi connectivity index (χ1) is 15.1. The number of aromatic nitrogens is 3. The van der Waals surface area contributed by atoms with Gasteiger partial charge in [-0.1, -0.05) is 6.07 Å². The van der Waals surface area contributed by atoms with Crippen LogP contribution in [-0.4, -0.2) is 68.4 Å². The molecule has 0 aromatic carbocycles. The zero-order valence-electron chi connectivity index (χ0n) is 17.7. The van der Waals surface area contributed by atoms with Crippen LogP contribution in [0.1, 0.15) is 36.4 Å². The van der Waals surface area contributed by atoms with Crippen LogP contribution in [0.25, 0.3) is 0 Å². The first-order valence-electron chi connectivity index (χ1n) is 11.5. The maximum absolute atomic E-state index is 13.3. The Morgan fingerprint density at radius 1 is 1.10 bits per heavy atom. The van der Waals surface area contributed by atoms with Crippen molar-refractivity contribution < 1.29 is 9.53 Å². The third-order valence-electron chi connectivity index (χ3n) is 7.41. The van der Waals surface area contributed by atoms with E-state index in [0.717, 1.165) is 50.2 Å². The van der Waals surface area contributed by atoms with Gasteiger partial charge in [-0.05, 0) is 37.3 Å². The molecule has 3 fully saturated rings. The van der Waals surface area contributed by atoms with Gasteiger partial charge >= 0.3 is 0 Å². The fourth-order valence-electron chi connectivity index (χ4n) is 6.02. The fraction of sp³-hybridized carbons (Fsp3) is 0.609. The van der Waals surface area contributed by atoms with Crippen LogP contribution >= 0.6 is 0 Å². The summed E-state index contributed by atoms with van der Waals surface area (Å²) >= 11 is 0. The van der Waals surface area contributed by atoms with Crippen molar-refractivity contribution in [1.82, 2.24) is 24.1 Å². The number of carbonyl (C=O) groups excluding carboxylic acids is 1. The topological polar surface area (TPSA) is 72.6 Å². The second-order valence-corrected chi connectivity index (χ2v) is 9.65. The predicted octanol–water partition coefficient (Wildman–Crippen LogP) is 1.05. The summed E-state index contributed by atoms with van der Waals surface area (Å²) in [6.45, 7) is 4.95. The Kier molecular flexibility index (Phi) is 4.72. The number of rotatable bonds is 4. The SMILES string of the molecule is O=C(Cn1cccn1)N1C[C@@H]2C[C@H](C1)c1ccc(CN3C[C@H]4CC[C@@H](C3)O4)c(=O)n1C2. The van der Waals surface area contributed by atoms with E-state index in [2.05, 4.69) is 16.1 Å². The van der Waals surface area contributed by atoms with E-state index >= 15 is 0 Å². The first-order valence-corrected chi connectivity index (χ1v) is 11.5. The van der Waals surface area contributed by atoms with E-state index in [4.69, 9.17) is 4.74 Å². The number of hydrogen-bond acceptors (Lipinski definition) is 5. The number of likely N-dealkylation sites (tertiary alicyclic amines) is 2. The highest BCUT2D eigenvalue weighted by Gasteiger charge is 2.37. The number of morpholine rings is 1. The summed E-state index contributed by atoms with van der Waals surface area (Å²) in [6, 6.07) is 5.99. The normalized spacial score (nSPS) is 29.7. The molecule has 0 saturated carbocycles. The summed E-state index contributed by atoms with van der Waals surface area (Å²) in [5.74, 6) is 0.669. The van der Waals surface area contributed by atoms with Crippen molar-refractivity contribution in [1.29, 1.82) is 0 Å². The van der Waals surface area contributed by atoms with Gasteiger partial charge in [-0.15, -0.1) is 0 Å². The summed E-state index contributed by atoms with van der Waals surface area (Å²) in [7, 11) is 0. The highest BCUT2D eigenvalue weighted by atomic mass is 16.5. The largest absolute Gasteiger partial charge is 0.372 e. The van der Waals surface area contributed by atoms with E-state index in [1.54, 1.807) is 10.9 Å². The molecule has 6 heterocycles. The van der Waals surface area contributed by atoms with Crippen LogP contribution in [0.2, 0.25) is 0 Å². The Labute approximate surface area is 181 Å². The molecule has 4 aliphatic rings. The molecule has 3 saturated heterocycles. The summed E-state index contributed by atoms with van der Waals surface area (Å²) < 4.78 is 9.61. The molecule has 0 spiro atoms. The van der Waals surface area contributed by atoms with Crippen LogP contribution in [0.4, 0.5) is 0 Å². The lowest BCUT2D eigenvalue weighted by Crippen LogP contribution is -2.50. The van der Waals surface area contributed by atoms with Crippen molar-refractivity contribution in [3.8, 4) is 0 Å². The van der Waals surface area contributed by atoms with Gasteiger partial charge in [0, 0.05) is 68.8 Å². The van der Waals surface area contributed by atoms with E-state index in [1.165, 1.54) is 0 Å². The van der Waals surface area contributed by atoms with Crippen LogP contribution in [-0.2, 0) is 29.2 Å². The van der Waals surface area contributed by atoms with Gasteiger partial charge in [-0.2, -0.15) is 5.10 Å². The van der Waals surface area contributed by atoms with Gasteiger partial charge in [0.1, 0.15) is 6.54 Å². The minimum atomic E-state index is 0.104. The van der Waals surface area contributed by atoms with Gasteiger partial charge in [0.2, 0.25) is 5.91 Å². The Balaban J connectivity index is 1.19. The molecule has 31 heavy (non-hydrogen) atoms. The van der Waals surface area contributed by atoms with Crippen molar-refractivity contribution in [3.63, 3.8) is 0 Å². The zero-order valence-corrected chi connectivity index (χ0v) is 17.7. The second kappa shape index (κ2) is 7.60. The molecule has 164 valence electrons. The molecule has 4 aliphatic heterocycles. The minimum absolute atomic E-state index is 0.104. The van der Waals surface area contributed by atoms with Crippen molar-refractivity contribution in [2.75, 3.05) is 26.2 Å². The molecule has 0 unspecified atom stereocenters. The Hall–Kier alpha value is -2.45. The Morgan fingerprint density at radius 3 is 2.71 bits per heavy atom. The molecule has 0 aliphatic carbocycles. The van der Waals surface area contributed by atoms with Crippen molar-refractivity contribution >= 4 is 5.91 Å². The van der Waals surface area contributed by atoms with E-state index < -0.39 is 0 Å². The van der Waals surface area contributed by atoms with Gasteiger partial charge in [0.25, 0.3) is 5.56 Å². The smallest absolute Gasteiger partial charge is 0.255 e. The third-order valence-corrected chi connectivity index (χ3v) is 7.41. The van der Waals surface area contributed by atoms with E-state index in [9.17, 15) is 9.59 Å². The highest BCUT2D eigenvalue weighted by molar-refractivity contribution is 5.76. The van der Waals surface area contributed by atoms with Gasteiger partial charge in [0.05, 0.1) is 12.2 Å². The zero-order chi connectivity index (χ0) is 20.9. The summed E-state index contributed by atoms with van der Waals surface area (Å²) in [5.41, 5.74) is 2.13. The van der Waals surface area contributed by atoms with Crippen molar-refractivity contribution in [2.24, 2.45) is 5.92 Å². The predicted molar refractivity (Wildman–Crippen MR) is 114 cm³/mol. The van der Waals surface area contributed by atoms with Crippen LogP contribution in [0.5, 0.6) is 0 Å². The molecule has 6 rings (SSSR count). The van der Waals surface area contributed by atoms with Crippen LogP contribution in [0.15, 0.2) is 35.4 Å². The summed E-state index contributed by atoms with van der Waals surface area (Å²) in [4.78, 5) is 30.5. The molecule has 2 aromatic heterocycles. The van der Waals surface area contributed by atoms with Gasteiger partial charge in [-0.25, -0.2) is 0 Å². The van der Waals surface area contributed by atoms with E-state index in [1.807, 2.05) is 27.8 Å². The summed E-state index contributed by atoms with van der Waals surface area (Å²) in [5, 5.41) is 4.15. The lowest BCUT2D eigenvalue weighted by Gasteiger charge is -2.43. The lowest BCUT2D eigenvalue weighted by atomic mass is 9.83. The monoisotopic (exact) mass is 423 g/mol. The highest BCUT2D eigenvalue weighted by Crippen LogP contribution is 2.35. The molecule has 0 N–H and O–H groups in total. The van der Waals surface area contributed by atoms with E-state index in [-0.39, 0.29) is 23.9 Å². The number of pyridine rings is 1. The average Bonchev–Trinajstić information content (AvgIpc) is 3.39. The second-order valence-electron chi connectivity index (χ2n) is 9.65. The molecule has 0 radical (unpaired) electrons. The molecule has 4 bridgehead atoms. The minimum Gasteiger partial charge on any atom is -0.372 e. The maximum atomic E-state index is 13.3. The number of piperidine rings is 1. The molecular weight excluding hydrogens is 394 g/mol. The van der Waals surface area contributed by atoms with Gasteiger partial charge < -0.3 is 14.2 Å². The van der Waals surface area contributed by atoms with Gasteiger partial charge in [0.15, 0.2) is 0 Å². The number of fused-ring (bicyclic) bond motifs is 6. The van der Waals surface area contributed by atoms with Crippen molar-refractivity contribution in [3.05, 3.63) is 52.2 Å². The fourth-order valence-corrected chi connectivity index (χ4v) is 6.02. The number of ether oxygens (including phenoxy) is 1. The quantitative estimate of drug-likeness (QED) is 0.735. The molecule has 4 atom stereocenters. The average molecular weight is 424 g/mol. The van der Waals surface area contributed by atoms with Crippen molar-refractivity contribution in [2.45, 2.75) is 57.0 Å². The van der Waals surface area contributed by atoms with Crippen LogP contribution < -0.4 is 5.56 Å². The number of amides is 1. The molecule has 8 nitrogen and oxygen atoms in total. The molecular formula is C23H29N5O3. The number of carbonyl (C=O) groups is 1. The third kappa shape index (κ3) is 3.61. The lowest BCUT2D eigenvalue weighted by molar-refractivity contribution is -0.134. The molecule has 2 aromatic rings. The van der Waals surface area contributed by atoms with Gasteiger partial charge in [-0.3, -0.25) is 19.2 Å². The van der Waals surface area contributed by atoms with Crippen LogP contribution in [0, 0.1) is 5.92 Å². The maximum Gasteiger partial charge on any atom is 0.255 e. The van der Waals surface area contributed by atoms with E-state index in [0.29, 0.717) is 37.8 Å². The van der Waals surface area contributed by atoms with Crippen LogP contribution in [0.3, 0.4) is 0 Å². The Morgan fingerprint density at radius 2 is 1.94 bits per heavy atom.